The minimum atomic E-state index is -0.727. The molecule has 38 heavy (non-hydrogen) atoms. The molecule has 0 bridgehead atoms. The standard InChI is InChI=1S/C27H30ClFN4O5/c1-4-19(36)31-8-9-32-16(12-31)14-38-24-21(26(32)37)25(33-11-15(13-34)10-27(33,2)3)30-23(22(24)28)20-17(29)6-5-7-18(20)35/h4-7,15-16,34-35H,1,8-14H2,2-3H3/t15-,16+/m0/s1. The molecule has 4 heterocycles. The van der Waals surface area contributed by atoms with E-state index in [1.165, 1.54) is 24.3 Å². The summed E-state index contributed by atoms with van der Waals surface area (Å²) in [5, 5.41) is 20.4. The van der Waals surface area contributed by atoms with Crippen molar-refractivity contribution in [3.05, 3.63) is 47.3 Å². The van der Waals surface area contributed by atoms with Gasteiger partial charge >= 0.3 is 0 Å². The third kappa shape index (κ3) is 4.25. The van der Waals surface area contributed by atoms with Crippen LogP contribution in [0.1, 0.15) is 30.6 Å². The van der Waals surface area contributed by atoms with Gasteiger partial charge in [0.05, 0.1) is 11.6 Å². The number of anilines is 1. The average molecular weight is 545 g/mol. The minimum absolute atomic E-state index is 0.0392. The average Bonchev–Trinajstić information content (AvgIpc) is 3.12. The van der Waals surface area contributed by atoms with E-state index in [2.05, 4.69) is 6.58 Å². The lowest BCUT2D eigenvalue weighted by atomic mass is 9.96. The molecule has 2 aromatic rings. The van der Waals surface area contributed by atoms with Gasteiger partial charge in [-0.15, -0.1) is 0 Å². The van der Waals surface area contributed by atoms with Crippen LogP contribution in [0.5, 0.6) is 11.5 Å². The van der Waals surface area contributed by atoms with Gasteiger partial charge in [0.1, 0.15) is 40.3 Å². The molecule has 2 fully saturated rings. The van der Waals surface area contributed by atoms with Crippen molar-refractivity contribution in [3.8, 4) is 22.8 Å². The fourth-order valence-corrected chi connectivity index (χ4v) is 6.05. The first kappa shape index (κ1) is 26.2. The molecule has 11 heteroatoms. The van der Waals surface area contributed by atoms with Gasteiger partial charge in [-0.25, -0.2) is 9.37 Å². The van der Waals surface area contributed by atoms with Crippen molar-refractivity contribution in [3.63, 3.8) is 0 Å². The van der Waals surface area contributed by atoms with E-state index in [4.69, 9.17) is 21.3 Å². The van der Waals surface area contributed by atoms with E-state index >= 15 is 4.39 Å². The van der Waals surface area contributed by atoms with Crippen LogP contribution in [0.15, 0.2) is 30.9 Å². The van der Waals surface area contributed by atoms with Gasteiger partial charge in [-0.05, 0) is 38.5 Å². The number of phenols is 1. The van der Waals surface area contributed by atoms with E-state index in [0.717, 1.165) is 0 Å². The number of carbonyl (C=O) groups is 2. The van der Waals surface area contributed by atoms with E-state index in [-0.39, 0.29) is 83.2 Å². The van der Waals surface area contributed by atoms with Crippen molar-refractivity contribution >= 4 is 29.2 Å². The maximum Gasteiger partial charge on any atom is 0.261 e. The van der Waals surface area contributed by atoms with Crippen LogP contribution in [-0.4, -0.2) is 87.8 Å². The molecule has 2 amide bonds. The lowest BCUT2D eigenvalue weighted by Gasteiger charge is -2.40. The Labute approximate surface area is 225 Å². The Kier molecular flexibility index (Phi) is 6.73. The highest BCUT2D eigenvalue weighted by Crippen LogP contribution is 2.48. The summed E-state index contributed by atoms with van der Waals surface area (Å²) in [6.07, 6.45) is 1.88. The molecule has 3 aliphatic rings. The van der Waals surface area contributed by atoms with E-state index in [0.29, 0.717) is 19.5 Å². The molecule has 0 saturated carbocycles. The minimum Gasteiger partial charge on any atom is -0.507 e. The molecule has 3 aliphatic heterocycles. The number of piperazine rings is 1. The number of phenolic OH excluding ortho intramolecular Hbond substituents is 1. The largest absolute Gasteiger partial charge is 0.507 e. The zero-order chi connectivity index (χ0) is 27.4. The highest BCUT2D eigenvalue weighted by molar-refractivity contribution is 6.35. The second-order valence-electron chi connectivity index (χ2n) is 10.6. The Morgan fingerprint density at radius 1 is 1.32 bits per heavy atom. The number of aromatic nitrogens is 1. The summed E-state index contributed by atoms with van der Waals surface area (Å²) in [7, 11) is 0. The van der Waals surface area contributed by atoms with Gasteiger partial charge in [-0.2, -0.15) is 0 Å². The van der Waals surface area contributed by atoms with Gasteiger partial charge in [-0.3, -0.25) is 9.59 Å². The van der Waals surface area contributed by atoms with Crippen LogP contribution in [0, 0.1) is 11.7 Å². The number of amides is 2. The number of ether oxygens (including phenoxy) is 1. The molecule has 2 atom stereocenters. The fourth-order valence-electron chi connectivity index (χ4n) is 5.77. The lowest BCUT2D eigenvalue weighted by Crippen LogP contribution is -2.57. The SMILES string of the molecule is C=CC(=O)N1CCN2C(=O)c3c(N4C[C@@H](CO)CC4(C)C)nc(-c4c(O)cccc4F)c(Cl)c3OC[C@H]2C1. The predicted octanol–water partition coefficient (Wildman–Crippen LogP) is 3.08. The number of hydrogen-bond acceptors (Lipinski definition) is 7. The van der Waals surface area contributed by atoms with Crippen molar-refractivity contribution in [2.45, 2.75) is 31.8 Å². The number of rotatable bonds is 4. The lowest BCUT2D eigenvalue weighted by molar-refractivity contribution is -0.128. The maximum atomic E-state index is 15.0. The van der Waals surface area contributed by atoms with E-state index in [9.17, 15) is 19.8 Å². The van der Waals surface area contributed by atoms with Crippen LogP contribution in [0.2, 0.25) is 5.02 Å². The molecule has 0 radical (unpaired) electrons. The molecule has 0 aliphatic carbocycles. The number of aromatic hydroxyl groups is 1. The highest BCUT2D eigenvalue weighted by Gasteiger charge is 2.45. The second-order valence-corrected chi connectivity index (χ2v) is 10.9. The third-order valence-electron chi connectivity index (χ3n) is 7.64. The molecular formula is C27H30ClFN4O5. The number of carbonyl (C=O) groups excluding carboxylic acids is 2. The Bertz CT molecular complexity index is 1300. The molecule has 0 spiro atoms. The molecule has 2 saturated heterocycles. The first-order valence-electron chi connectivity index (χ1n) is 12.5. The summed E-state index contributed by atoms with van der Waals surface area (Å²) >= 11 is 6.78. The molecule has 9 nitrogen and oxygen atoms in total. The summed E-state index contributed by atoms with van der Waals surface area (Å²) < 4.78 is 21.2. The molecule has 0 unspecified atom stereocenters. The summed E-state index contributed by atoms with van der Waals surface area (Å²) in [4.78, 5) is 36.3. The van der Waals surface area contributed by atoms with Crippen molar-refractivity contribution in [1.29, 1.82) is 0 Å². The smallest absolute Gasteiger partial charge is 0.261 e. The van der Waals surface area contributed by atoms with Gasteiger partial charge in [0.15, 0.2) is 5.75 Å². The van der Waals surface area contributed by atoms with Gasteiger partial charge in [0.2, 0.25) is 5.91 Å². The van der Waals surface area contributed by atoms with Crippen molar-refractivity contribution < 1.29 is 28.9 Å². The zero-order valence-corrected chi connectivity index (χ0v) is 22.0. The number of nitrogens with zero attached hydrogens (tertiary/aromatic N) is 4. The van der Waals surface area contributed by atoms with Crippen molar-refractivity contribution in [2.24, 2.45) is 5.92 Å². The number of halogens is 2. The first-order chi connectivity index (χ1) is 18.1. The van der Waals surface area contributed by atoms with Crippen LogP contribution in [0.4, 0.5) is 10.2 Å². The van der Waals surface area contributed by atoms with Crippen molar-refractivity contribution in [1.82, 2.24) is 14.8 Å². The molecule has 1 aromatic heterocycles. The van der Waals surface area contributed by atoms with Gasteiger partial charge in [0.25, 0.3) is 5.91 Å². The topological polar surface area (TPSA) is 106 Å². The number of aliphatic hydroxyl groups is 1. The number of aliphatic hydroxyl groups excluding tert-OH is 1. The second kappa shape index (κ2) is 9.74. The molecule has 2 N–H and O–H groups in total. The van der Waals surface area contributed by atoms with Crippen LogP contribution < -0.4 is 9.64 Å². The Morgan fingerprint density at radius 2 is 2.08 bits per heavy atom. The Morgan fingerprint density at radius 3 is 2.74 bits per heavy atom. The fraction of sp³-hybridized carbons (Fsp3) is 0.444. The summed E-state index contributed by atoms with van der Waals surface area (Å²) in [5.74, 6) is -1.43. The van der Waals surface area contributed by atoms with Crippen molar-refractivity contribution in [2.75, 3.05) is 44.3 Å². The maximum absolute atomic E-state index is 15.0. The first-order valence-corrected chi connectivity index (χ1v) is 12.9. The number of hydrogen-bond donors (Lipinski definition) is 2. The van der Waals surface area contributed by atoms with E-state index in [1.807, 2.05) is 18.7 Å². The molecule has 1 aromatic carbocycles. The van der Waals surface area contributed by atoms with Gasteiger partial charge < -0.3 is 29.6 Å². The monoisotopic (exact) mass is 544 g/mol. The van der Waals surface area contributed by atoms with Crippen LogP contribution in [0.3, 0.4) is 0 Å². The van der Waals surface area contributed by atoms with Gasteiger partial charge in [-0.1, -0.05) is 24.2 Å². The highest BCUT2D eigenvalue weighted by atomic mass is 35.5. The predicted molar refractivity (Wildman–Crippen MR) is 140 cm³/mol. The summed E-state index contributed by atoms with van der Waals surface area (Å²) in [5.41, 5.74) is -0.599. The third-order valence-corrected chi connectivity index (χ3v) is 7.99. The molecule has 202 valence electrons. The Balaban J connectivity index is 1.70. The molecule has 5 rings (SSSR count). The van der Waals surface area contributed by atoms with E-state index in [1.54, 1.807) is 9.80 Å². The number of fused-ring (bicyclic) bond motifs is 2. The van der Waals surface area contributed by atoms with E-state index < -0.39 is 17.4 Å². The summed E-state index contributed by atoms with van der Waals surface area (Å²) in [6, 6.07) is 3.45. The molecular weight excluding hydrogens is 515 g/mol. The van der Waals surface area contributed by atoms with Gasteiger partial charge in [0, 0.05) is 44.2 Å². The van der Waals surface area contributed by atoms with Crippen LogP contribution in [-0.2, 0) is 4.79 Å². The van der Waals surface area contributed by atoms with Crippen LogP contribution in [0.25, 0.3) is 11.3 Å². The Hall–Kier alpha value is -3.37. The van der Waals surface area contributed by atoms with Crippen LogP contribution >= 0.6 is 11.6 Å². The quantitative estimate of drug-likeness (QED) is 0.570. The number of benzene rings is 1. The zero-order valence-electron chi connectivity index (χ0n) is 21.3. The number of pyridine rings is 1. The normalized spacial score (nSPS) is 22.4. The summed E-state index contributed by atoms with van der Waals surface area (Å²) in [6.45, 7) is 8.80.